The Kier molecular flexibility index (Phi) is 4.73. The quantitative estimate of drug-likeness (QED) is 0.912. The number of hydrogen-bond acceptors (Lipinski definition) is 2. The average molecular weight is 342 g/mol. The fourth-order valence-corrected chi connectivity index (χ4v) is 2.38. The van der Waals surface area contributed by atoms with Crippen molar-refractivity contribution >= 4 is 15.9 Å². The Morgan fingerprint density at radius 1 is 1.15 bits per heavy atom. The predicted octanol–water partition coefficient (Wildman–Crippen LogP) is 3.98. The molecule has 2 aromatic carbocycles. The summed E-state index contributed by atoms with van der Waals surface area (Å²) in [7, 11) is 1.41. The third-order valence-electron chi connectivity index (χ3n) is 3.04. The second-order valence-electron chi connectivity index (χ2n) is 4.45. The van der Waals surface area contributed by atoms with Crippen LogP contribution in [0.3, 0.4) is 0 Å². The van der Waals surface area contributed by atoms with Crippen molar-refractivity contribution in [2.45, 2.75) is 12.5 Å². The van der Waals surface area contributed by atoms with Gasteiger partial charge in [0.1, 0.15) is 5.82 Å². The normalized spacial score (nSPS) is 12.2. The van der Waals surface area contributed by atoms with Crippen LogP contribution in [0.2, 0.25) is 0 Å². The van der Waals surface area contributed by atoms with E-state index in [2.05, 4.69) is 15.9 Å². The van der Waals surface area contributed by atoms with Crippen molar-refractivity contribution in [3.8, 4) is 5.75 Å². The van der Waals surface area contributed by atoms with Crippen LogP contribution in [-0.2, 0) is 6.42 Å². The minimum absolute atomic E-state index is 0.186. The van der Waals surface area contributed by atoms with E-state index in [0.29, 0.717) is 16.5 Å². The van der Waals surface area contributed by atoms with Gasteiger partial charge in [0.25, 0.3) is 0 Å². The largest absolute Gasteiger partial charge is 0.494 e. The fraction of sp³-hybridized carbons (Fsp3) is 0.200. The maximum Gasteiger partial charge on any atom is 0.165 e. The van der Waals surface area contributed by atoms with Crippen LogP contribution < -0.4 is 10.5 Å². The first-order valence-electron chi connectivity index (χ1n) is 6.04. The van der Waals surface area contributed by atoms with E-state index in [4.69, 9.17) is 10.5 Å². The molecule has 0 saturated carbocycles. The summed E-state index contributed by atoms with van der Waals surface area (Å²) in [5, 5.41) is 0. The minimum atomic E-state index is -0.444. The fourth-order valence-electron chi connectivity index (χ4n) is 1.95. The number of methoxy groups -OCH3 is 1. The molecule has 0 saturated heterocycles. The topological polar surface area (TPSA) is 35.2 Å². The van der Waals surface area contributed by atoms with Gasteiger partial charge in [-0.15, -0.1) is 0 Å². The first-order chi connectivity index (χ1) is 9.51. The first-order valence-corrected chi connectivity index (χ1v) is 6.83. The van der Waals surface area contributed by atoms with Gasteiger partial charge in [-0.1, -0.05) is 12.1 Å². The Morgan fingerprint density at radius 3 is 2.50 bits per heavy atom. The Bertz CT molecular complexity index is 619. The molecule has 0 heterocycles. The monoisotopic (exact) mass is 341 g/mol. The zero-order valence-corrected chi connectivity index (χ0v) is 12.5. The first kappa shape index (κ1) is 14.9. The van der Waals surface area contributed by atoms with Crippen LogP contribution in [0.5, 0.6) is 5.75 Å². The van der Waals surface area contributed by atoms with E-state index in [-0.39, 0.29) is 17.6 Å². The highest BCUT2D eigenvalue weighted by molar-refractivity contribution is 9.10. The van der Waals surface area contributed by atoms with Gasteiger partial charge in [0, 0.05) is 6.04 Å². The second-order valence-corrected chi connectivity index (χ2v) is 5.31. The van der Waals surface area contributed by atoms with Crippen molar-refractivity contribution in [3.63, 3.8) is 0 Å². The number of nitrogens with two attached hydrogens (primary N) is 1. The van der Waals surface area contributed by atoms with Crippen molar-refractivity contribution in [2.75, 3.05) is 7.11 Å². The van der Waals surface area contributed by atoms with Crippen molar-refractivity contribution in [3.05, 3.63) is 63.6 Å². The van der Waals surface area contributed by atoms with Gasteiger partial charge < -0.3 is 10.5 Å². The van der Waals surface area contributed by atoms with Crippen molar-refractivity contribution < 1.29 is 13.5 Å². The van der Waals surface area contributed by atoms with Crippen LogP contribution in [0, 0.1) is 11.6 Å². The Balaban J connectivity index is 2.17. The molecule has 106 valence electrons. The lowest BCUT2D eigenvalue weighted by molar-refractivity contribution is 0.386. The third-order valence-corrected chi connectivity index (χ3v) is 3.65. The smallest absolute Gasteiger partial charge is 0.165 e. The molecule has 1 unspecified atom stereocenters. The lowest BCUT2D eigenvalue weighted by Gasteiger charge is -2.13. The summed E-state index contributed by atoms with van der Waals surface area (Å²) in [4.78, 5) is 0. The van der Waals surface area contributed by atoms with Crippen molar-refractivity contribution in [1.82, 2.24) is 0 Å². The molecule has 2 rings (SSSR count). The van der Waals surface area contributed by atoms with Crippen molar-refractivity contribution in [2.24, 2.45) is 5.73 Å². The average Bonchev–Trinajstić information content (AvgIpc) is 2.42. The number of halogens is 3. The summed E-state index contributed by atoms with van der Waals surface area (Å²) in [6.07, 6.45) is 0.491. The molecule has 2 aromatic rings. The highest BCUT2D eigenvalue weighted by Crippen LogP contribution is 2.24. The highest BCUT2D eigenvalue weighted by Gasteiger charge is 2.11. The third kappa shape index (κ3) is 3.35. The standard InChI is InChI=1S/C15H14BrF2NO/c1-20-15-5-3-10(8-13(15)18)14(19)7-9-2-4-12(17)11(16)6-9/h2-6,8,14H,7,19H2,1H3. The molecule has 0 radical (unpaired) electrons. The molecule has 0 spiro atoms. The van der Waals surface area contributed by atoms with Gasteiger partial charge in [0.2, 0.25) is 0 Å². The molecule has 0 aromatic heterocycles. The number of ether oxygens (including phenoxy) is 1. The van der Waals surface area contributed by atoms with E-state index in [0.717, 1.165) is 5.56 Å². The van der Waals surface area contributed by atoms with Crippen LogP contribution in [0.1, 0.15) is 17.2 Å². The van der Waals surface area contributed by atoms with Crippen LogP contribution >= 0.6 is 15.9 Å². The van der Waals surface area contributed by atoms with Gasteiger partial charge in [0.05, 0.1) is 11.6 Å². The van der Waals surface area contributed by atoms with E-state index in [9.17, 15) is 8.78 Å². The van der Waals surface area contributed by atoms with E-state index >= 15 is 0 Å². The molecule has 2 nitrogen and oxygen atoms in total. The molecule has 2 N–H and O–H groups in total. The van der Waals surface area contributed by atoms with Gasteiger partial charge in [0.15, 0.2) is 11.6 Å². The molecule has 0 aliphatic rings. The molecule has 5 heteroatoms. The zero-order chi connectivity index (χ0) is 14.7. The summed E-state index contributed by atoms with van der Waals surface area (Å²) < 4.78 is 32.0. The lowest BCUT2D eigenvalue weighted by Crippen LogP contribution is -2.13. The van der Waals surface area contributed by atoms with Gasteiger partial charge >= 0.3 is 0 Å². The summed E-state index contributed by atoms with van der Waals surface area (Å²) in [6.45, 7) is 0. The number of rotatable bonds is 4. The van der Waals surface area contributed by atoms with E-state index in [1.807, 2.05) is 0 Å². The molecule has 0 aliphatic heterocycles. The molecule has 0 fully saturated rings. The molecule has 20 heavy (non-hydrogen) atoms. The zero-order valence-electron chi connectivity index (χ0n) is 10.9. The van der Waals surface area contributed by atoms with E-state index in [1.165, 1.54) is 19.2 Å². The molecule has 1 atom stereocenters. The summed E-state index contributed by atoms with van der Waals surface area (Å²) >= 11 is 3.13. The second kappa shape index (κ2) is 6.33. The maximum absolute atomic E-state index is 13.6. The Morgan fingerprint density at radius 2 is 1.90 bits per heavy atom. The number of benzene rings is 2. The number of hydrogen-bond donors (Lipinski definition) is 1. The molecule has 0 bridgehead atoms. The SMILES string of the molecule is COc1ccc(C(N)Cc2ccc(F)c(Br)c2)cc1F. The summed E-state index contributed by atoms with van der Waals surface area (Å²) in [6, 6.07) is 8.99. The molecular weight excluding hydrogens is 328 g/mol. The highest BCUT2D eigenvalue weighted by atomic mass is 79.9. The Labute approximate surface area is 124 Å². The van der Waals surface area contributed by atoms with Crippen molar-refractivity contribution in [1.29, 1.82) is 0 Å². The van der Waals surface area contributed by atoms with Gasteiger partial charge in [-0.2, -0.15) is 0 Å². The van der Waals surface area contributed by atoms with E-state index in [1.54, 1.807) is 24.3 Å². The predicted molar refractivity (Wildman–Crippen MR) is 77.7 cm³/mol. The van der Waals surface area contributed by atoms with Crippen LogP contribution in [-0.4, -0.2) is 7.11 Å². The van der Waals surface area contributed by atoms with Crippen LogP contribution in [0.15, 0.2) is 40.9 Å². The summed E-state index contributed by atoms with van der Waals surface area (Å²) in [5.41, 5.74) is 7.61. The Hall–Kier alpha value is -1.46. The van der Waals surface area contributed by atoms with Crippen LogP contribution in [0.4, 0.5) is 8.78 Å². The van der Waals surface area contributed by atoms with Crippen LogP contribution in [0.25, 0.3) is 0 Å². The molecule has 0 aliphatic carbocycles. The van der Waals surface area contributed by atoms with Gasteiger partial charge in [-0.3, -0.25) is 0 Å². The molecular formula is C15H14BrF2NO. The van der Waals surface area contributed by atoms with E-state index < -0.39 is 5.82 Å². The maximum atomic E-state index is 13.6. The van der Waals surface area contributed by atoms with Gasteiger partial charge in [-0.05, 0) is 57.7 Å². The minimum Gasteiger partial charge on any atom is -0.494 e. The van der Waals surface area contributed by atoms with Gasteiger partial charge in [-0.25, -0.2) is 8.78 Å². The molecule has 0 amide bonds. The summed E-state index contributed by atoms with van der Waals surface area (Å²) in [5.74, 6) is -0.580. The lowest BCUT2D eigenvalue weighted by atomic mass is 9.99.